The SMILES string of the molecule is Cc1cc(C)cc(-c2cc(C3=NC(C4=CC[C@@]5(C)CC45)NC(c4ccccc4)N3)cc(-c3ccc4c(ccc5ccccc54)c3)c2)c1. The van der Waals surface area contributed by atoms with Gasteiger partial charge < -0.3 is 5.32 Å². The first-order valence-electron chi connectivity index (χ1n) is 16.9. The third kappa shape index (κ3) is 5.06. The Bertz CT molecular complexity index is 2240. The van der Waals surface area contributed by atoms with Gasteiger partial charge in [-0.1, -0.05) is 121 Å². The molecule has 9 rings (SSSR count). The molecule has 6 aromatic rings. The first-order valence-corrected chi connectivity index (χ1v) is 16.9. The van der Waals surface area contributed by atoms with Gasteiger partial charge >= 0.3 is 0 Å². The summed E-state index contributed by atoms with van der Waals surface area (Å²) in [6, 6.07) is 44.6. The van der Waals surface area contributed by atoms with Crippen LogP contribution in [0.2, 0.25) is 0 Å². The Morgan fingerprint density at radius 1 is 0.638 bits per heavy atom. The van der Waals surface area contributed by atoms with Crippen LogP contribution in [-0.2, 0) is 0 Å². The minimum Gasteiger partial charge on any atom is -0.350 e. The lowest BCUT2D eigenvalue weighted by molar-refractivity contribution is 0.420. The van der Waals surface area contributed by atoms with Crippen molar-refractivity contribution in [3.05, 3.63) is 155 Å². The Labute approximate surface area is 277 Å². The largest absolute Gasteiger partial charge is 0.350 e. The van der Waals surface area contributed by atoms with Crippen LogP contribution in [0.3, 0.4) is 0 Å². The lowest BCUT2D eigenvalue weighted by Crippen LogP contribution is -2.49. The molecule has 4 atom stereocenters. The van der Waals surface area contributed by atoms with E-state index in [4.69, 9.17) is 4.99 Å². The van der Waals surface area contributed by atoms with Crippen molar-refractivity contribution in [3.63, 3.8) is 0 Å². The topological polar surface area (TPSA) is 36.4 Å². The molecule has 0 radical (unpaired) electrons. The van der Waals surface area contributed by atoms with Gasteiger partial charge in [-0.05, 0) is 117 Å². The molecule has 1 fully saturated rings. The van der Waals surface area contributed by atoms with Crippen molar-refractivity contribution in [2.45, 2.75) is 45.9 Å². The van der Waals surface area contributed by atoms with Gasteiger partial charge in [0.2, 0.25) is 0 Å². The molecule has 1 heterocycles. The molecule has 0 aromatic heterocycles. The predicted molar refractivity (Wildman–Crippen MR) is 196 cm³/mol. The molecule has 1 aliphatic heterocycles. The van der Waals surface area contributed by atoms with Gasteiger partial charge in [-0.25, -0.2) is 4.99 Å². The van der Waals surface area contributed by atoms with Crippen molar-refractivity contribution in [2.75, 3.05) is 0 Å². The molecule has 3 heteroatoms. The highest BCUT2D eigenvalue weighted by Crippen LogP contribution is 2.63. The summed E-state index contributed by atoms with van der Waals surface area (Å²) in [5.41, 5.74) is 11.6. The lowest BCUT2D eigenvalue weighted by atomic mass is 9.92. The summed E-state index contributed by atoms with van der Waals surface area (Å²) < 4.78 is 0. The summed E-state index contributed by atoms with van der Waals surface area (Å²) in [6.45, 7) is 6.79. The number of allylic oxidation sites excluding steroid dienone is 1. The first-order chi connectivity index (χ1) is 22.9. The number of aryl methyl sites for hydroxylation is 2. The highest BCUT2D eigenvalue weighted by molar-refractivity contribution is 6.08. The standard InChI is InChI=1S/C44H39N3/c1-27-19-28(2)21-33(20-27)35-23-34(31-15-16-38-32(22-31)14-13-29-9-7-8-12-37(29)38)24-36(25-35)42-45-41(30-10-5-4-6-11-30)46-43(47-42)39-17-18-44(3)26-40(39)44/h4-17,19-25,40-41,43,46H,18,26H2,1-3H3,(H,45,47)/t40?,41?,43?,44-/m0/s1. The maximum Gasteiger partial charge on any atom is 0.131 e. The van der Waals surface area contributed by atoms with Crippen LogP contribution < -0.4 is 10.6 Å². The van der Waals surface area contributed by atoms with Gasteiger partial charge in [0.05, 0.1) is 0 Å². The van der Waals surface area contributed by atoms with Gasteiger partial charge in [-0.3, -0.25) is 5.32 Å². The highest BCUT2D eigenvalue weighted by atomic mass is 15.3. The predicted octanol–water partition coefficient (Wildman–Crippen LogP) is 10.3. The fourth-order valence-corrected chi connectivity index (χ4v) is 8.07. The molecular weight excluding hydrogens is 571 g/mol. The first kappa shape index (κ1) is 28.3. The quantitative estimate of drug-likeness (QED) is 0.151. The number of hydrogen-bond donors (Lipinski definition) is 2. The molecule has 0 saturated heterocycles. The smallest absolute Gasteiger partial charge is 0.131 e. The molecule has 2 aliphatic carbocycles. The van der Waals surface area contributed by atoms with Crippen molar-refractivity contribution in [1.82, 2.24) is 10.6 Å². The molecule has 230 valence electrons. The van der Waals surface area contributed by atoms with Crippen molar-refractivity contribution in [1.29, 1.82) is 0 Å². The van der Waals surface area contributed by atoms with Crippen molar-refractivity contribution in [2.24, 2.45) is 16.3 Å². The second kappa shape index (κ2) is 10.8. The molecule has 3 unspecified atom stereocenters. The molecule has 6 aromatic carbocycles. The highest BCUT2D eigenvalue weighted by Gasteiger charge is 2.56. The Morgan fingerprint density at radius 2 is 1.32 bits per heavy atom. The molecule has 3 aliphatic rings. The van der Waals surface area contributed by atoms with Crippen LogP contribution in [0.4, 0.5) is 0 Å². The zero-order valence-electron chi connectivity index (χ0n) is 27.2. The van der Waals surface area contributed by atoms with Crippen LogP contribution in [0.15, 0.2) is 138 Å². The molecule has 0 amide bonds. The zero-order valence-corrected chi connectivity index (χ0v) is 27.2. The van der Waals surface area contributed by atoms with Crippen LogP contribution in [0.5, 0.6) is 0 Å². The minimum atomic E-state index is -0.0481. The Kier molecular flexibility index (Phi) is 6.48. The Hall–Kier alpha value is -4.99. The van der Waals surface area contributed by atoms with Gasteiger partial charge in [0.1, 0.15) is 18.2 Å². The molecule has 3 nitrogen and oxygen atoms in total. The summed E-state index contributed by atoms with van der Waals surface area (Å²) in [5.74, 6) is 1.57. The van der Waals surface area contributed by atoms with Gasteiger partial charge in [-0.2, -0.15) is 0 Å². The van der Waals surface area contributed by atoms with Crippen LogP contribution >= 0.6 is 0 Å². The number of aliphatic imine (C=N–C) groups is 1. The lowest BCUT2D eigenvalue weighted by Gasteiger charge is -2.33. The van der Waals surface area contributed by atoms with Gasteiger partial charge in [0, 0.05) is 5.56 Å². The maximum absolute atomic E-state index is 5.43. The molecule has 0 spiro atoms. The second-order valence-electron chi connectivity index (χ2n) is 14.3. The van der Waals surface area contributed by atoms with Crippen molar-refractivity contribution < 1.29 is 0 Å². The number of nitrogens with one attached hydrogen (secondary N) is 2. The summed E-state index contributed by atoms with van der Waals surface area (Å²) in [7, 11) is 0. The van der Waals surface area contributed by atoms with E-state index in [0.29, 0.717) is 11.3 Å². The maximum atomic E-state index is 5.43. The van der Waals surface area contributed by atoms with Gasteiger partial charge in [0.25, 0.3) is 0 Å². The van der Waals surface area contributed by atoms with E-state index in [1.165, 1.54) is 72.5 Å². The summed E-state index contributed by atoms with van der Waals surface area (Å²) in [5, 5.41) is 12.8. The van der Waals surface area contributed by atoms with E-state index in [0.717, 1.165) is 17.8 Å². The number of rotatable bonds is 5. The number of amidine groups is 1. The van der Waals surface area contributed by atoms with E-state index in [9.17, 15) is 0 Å². The van der Waals surface area contributed by atoms with Gasteiger partial charge in [-0.15, -0.1) is 0 Å². The monoisotopic (exact) mass is 609 g/mol. The van der Waals surface area contributed by atoms with Crippen LogP contribution in [0.1, 0.15) is 48.2 Å². The van der Waals surface area contributed by atoms with E-state index in [-0.39, 0.29) is 12.3 Å². The summed E-state index contributed by atoms with van der Waals surface area (Å²) >= 11 is 0. The molecule has 0 bridgehead atoms. The molecule has 2 N–H and O–H groups in total. The normalized spacial score (nSPS) is 23.3. The fourth-order valence-electron chi connectivity index (χ4n) is 8.07. The molecule has 47 heavy (non-hydrogen) atoms. The zero-order chi connectivity index (χ0) is 31.7. The van der Waals surface area contributed by atoms with Crippen LogP contribution in [-0.4, -0.2) is 12.0 Å². The number of fused-ring (bicyclic) bond motifs is 4. The van der Waals surface area contributed by atoms with Crippen LogP contribution in [0, 0.1) is 25.2 Å². The average Bonchev–Trinajstić information content (AvgIpc) is 3.66. The van der Waals surface area contributed by atoms with E-state index in [1.807, 2.05) is 0 Å². The third-order valence-electron chi connectivity index (χ3n) is 10.7. The van der Waals surface area contributed by atoms with Gasteiger partial charge in [0.15, 0.2) is 0 Å². The average molecular weight is 610 g/mol. The number of hydrogen-bond acceptors (Lipinski definition) is 3. The Morgan fingerprint density at radius 3 is 2.09 bits per heavy atom. The van der Waals surface area contributed by atoms with E-state index < -0.39 is 0 Å². The third-order valence-corrected chi connectivity index (χ3v) is 10.7. The molecular formula is C44H39N3. The fraction of sp³-hybridized carbons (Fsp3) is 0.205. The van der Waals surface area contributed by atoms with E-state index in [2.05, 4.69) is 159 Å². The van der Waals surface area contributed by atoms with Crippen LogP contribution in [0.25, 0.3) is 43.8 Å². The van der Waals surface area contributed by atoms with Crippen molar-refractivity contribution in [3.8, 4) is 22.3 Å². The summed E-state index contributed by atoms with van der Waals surface area (Å²) in [6.07, 6.45) is 4.80. The summed E-state index contributed by atoms with van der Waals surface area (Å²) in [4.78, 5) is 5.43. The second-order valence-corrected chi connectivity index (χ2v) is 14.3. The number of nitrogens with zero attached hydrogens (tertiary/aromatic N) is 1. The van der Waals surface area contributed by atoms with Crippen molar-refractivity contribution >= 4 is 27.4 Å². The Balaban J connectivity index is 1.20. The van der Waals surface area contributed by atoms with E-state index >= 15 is 0 Å². The minimum absolute atomic E-state index is 0.0394. The number of benzene rings is 6. The van der Waals surface area contributed by atoms with E-state index in [1.54, 1.807) is 0 Å². The molecule has 1 saturated carbocycles.